The molecular weight excluding hydrogens is 575 g/mol. The standard InChI is InChI=1S/C26H44O8SeSi2/c1-16(2)36(17(3)4)31-14-24-25(33-37(34-36,18(5)6)19(7)8)23(15-35(24)28)32-26(27)21-12-11-20(29-9)13-22(21)30-10/h11-13,16-19,23-25H,14-15H2,1-10H3/t23-,24+,25-,35?/m0/s1. The van der Waals surface area contributed by atoms with Gasteiger partial charge < -0.3 is 0 Å². The number of carbonyl (C=O) groups is 1. The molecule has 37 heavy (non-hydrogen) atoms. The topological polar surface area (TPSA) is 89.5 Å². The predicted octanol–water partition coefficient (Wildman–Crippen LogP) is 5.99. The van der Waals surface area contributed by atoms with E-state index < -0.39 is 49.1 Å². The fourth-order valence-corrected chi connectivity index (χ4v) is 20.6. The summed E-state index contributed by atoms with van der Waals surface area (Å²) >= 11 is -2.40. The molecule has 0 radical (unpaired) electrons. The zero-order chi connectivity index (χ0) is 27.7. The quantitative estimate of drug-likeness (QED) is 0.259. The van der Waals surface area contributed by atoms with Gasteiger partial charge in [-0.3, -0.25) is 0 Å². The van der Waals surface area contributed by atoms with E-state index in [0.29, 0.717) is 23.4 Å². The second-order valence-electron chi connectivity index (χ2n) is 11.2. The molecule has 4 atom stereocenters. The van der Waals surface area contributed by atoms with Gasteiger partial charge in [0.1, 0.15) is 0 Å². The summed E-state index contributed by atoms with van der Waals surface area (Å²) in [6.07, 6.45) is -1.17. The molecule has 11 heteroatoms. The zero-order valence-electron chi connectivity index (χ0n) is 23.9. The third kappa shape index (κ3) is 5.78. The van der Waals surface area contributed by atoms with Crippen LogP contribution in [0.15, 0.2) is 18.2 Å². The zero-order valence-corrected chi connectivity index (χ0v) is 27.6. The Bertz CT molecular complexity index is 967. The third-order valence-electron chi connectivity index (χ3n) is 7.62. The van der Waals surface area contributed by atoms with Crippen LogP contribution in [0, 0.1) is 0 Å². The first-order valence-corrected chi connectivity index (χ1v) is 20.0. The van der Waals surface area contributed by atoms with Crippen LogP contribution in [0.5, 0.6) is 11.5 Å². The number of hydrogen-bond donors (Lipinski definition) is 0. The molecule has 0 spiro atoms. The summed E-state index contributed by atoms with van der Waals surface area (Å²) in [5.74, 6) is 0.397. The summed E-state index contributed by atoms with van der Waals surface area (Å²) in [7, 11) is -2.58. The molecule has 0 aliphatic carbocycles. The van der Waals surface area contributed by atoms with Gasteiger partial charge in [-0.1, -0.05) is 0 Å². The van der Waals surface area contributed by atoms with E-state index in [1.54, 1.807) is 25.3 Å². The minimum absolute atomic E-state index is 0.128. The molecule has 0 amide bonds. The molecule has 1 aromatic rings. The fraction of sp³-hybridized carbons (Fsp3) is 0.731. The van der Waals surface area contributed by atoms with Crippen LogP contribution in [0.25, 0.3) is 0 Å². The number of hydrogen-bond acceptors (Lipinski definition) is 8. The monoisotopic (exact) mass is 620 g/mol. The van der Waals surface area contributed by atoms with Crippen molar-refractivity contribution in [1.29, 1.82) is 0 Å². The van der Waals surface area contributed by atoms with E-state index in [0.717, 1.165) is 0 Å². The third-order valence-corrected chi connectivity index (χ3v) is 21.5. The molecular formula is C26H44O8SeSi2. The van der Waals surface area contributed by atoms with Crippen LogP contribution in [0.3, 0.4) is 0 Å². The normalized spacial score (nSPS) is 27.2. The Balaban J connectivity index is 2.00. The van der Waals surface area contributed by atoms with Crippen molar-refractivity contribution in [3.05, 3.63) is 23.8 Å². The van der Waals surface area contributed by atoms with Crippen molar-refractivity contribution >= 4 is 36.9 Å². The molecule has 3 rings (SSSR count). The Morgan fingerprint density at radius 1 is 0.946 bits per heavy atom. The van der Waals surface area contributed by atoms with Gasteiger partial charge in [-0.05, 0) is 0 Å². The van der Waals surface area contributed by atoms with E-state index >= 15 is 0 Å². The Labute approximate surface area is 228 Å². The van der Waals surface area contributed by atoms with Crippen LogP contribution in [-0.4, -0.2) is 70.0 Å². The van der Waals surface area contributed by atoms with Gasteiger partial charge in [0, 0.05) is 0 Å². The van der Waals surface area contributed by atoms with Crippen molar-refractivity contribution in [3.63, 3.8) is 0 Å². The Morgan fingerprint density at radius 2 is 1.54 bits per heavy atom. The minimum atomic E-state index is -2.91. The molecule has 0 N–H and O–H groups in total. The van der Waals surface area contributed by atoms with Crippen molar-refractivity contribution in [2.24, 2.45) is 0 Å². The predicted molar refractivity (Wildman–Crippen MR) is 148 cm³/mol. The maximum atomic E-state index is 13.5. The first-order chi connectivity index (χ1) is 17.3. The average molecular weight is 620 g/mol. The molecule has 2 aliphatic rings. The summed E-state index contributed by atoms with van der Waals surface area (Å²) in [5, 5.41) is 0.293. The van der Waals surface area contributed by atoms with Gasteiger partial charge in [0.2, 0.25) is 0 Å². The average Bonchev–Trinajstić information content (AvgIpc) is 3.10. The molecule has 210 valence electrons. The van der Waals surface area contributed by atoms with Crippen LogP contribution in [0.4, 0.5) is 0 Å². The van der Waals surface area contributed by atoms with Gasteiger partial charge in [-0.25, -0.2) is 0 Å². The van der Waals surface area contributed by atoms with Gasteiger partial charge in [0.15, 0.2) is 0 Å². The van der Waals surface area contributed by atoms with E-state index in [2.05, 4.69) is 55.4 Å². The van der Waals surface area contributed by atoms with Crippen molar-refractivity contribution in [1.82, 2.24) is 0 Å². The van der Waals surface area contributed by atoms with Crippen LogP contribution < -0.4 is 9.47 Å². The van der Waals surface area contributed by atoms with Gasteiger partial charge in [-0.15, -0.1) is 0 Å². The van der Waals surface area contributed by atoms with Gasteiger partial charge in [0.05, 0.1) is 0 Å². The number of benzene rings is 1. The van der Waals surface area contributed by atoms with E-state index in [9.17, 15) is 8.63 Å². The Morgan fingerprint density at radius 3 is 2.05 bits per heavy atom. The maximum absolute atomic E-state index is 13.5. The summed E-state index contributed by atoms with van der Waals surface area (Å²) in [6.45, 7) is 17.5. The molecule has 0 saturated carbocycles. The van der Waals surface area contributed by atoms with Crippen molar-refractivity contribution in [2.75, 3.05) is 20.8 Å². The SMILES string of the molecule is COc1ccc(C(=O)O[C@H]2C[Se](=O)[C@@H]3CO[Si](C(C)C)(C(C)C)O[Si](C(C)C)(C(C)C)O[C@@H]23)c(OC)c1. The molecule has 2 aliphatic heterocycles. The van der Waals surface area contributed by atoms with Gasteiger partial charge >= 0.3 is 229 Å². The number of fused-ring (bicyclic) bond motifs is 1. The van der Waals surface area contributed by atoms with Gasteiger partial charge in [-0.2, -0.15) is 0 Å². The van der Waals surface area contributed by atoms with E-state index in [1.807, 2.05) is 0 Å². The number of ether oxygens (including phenoxy) is 3. The number of methoxy groups -OCH3 is 2. The van der Waals surface area contributed by atoms with Gasteiger partial charge in [0.25, 0.3) is 0 Å². The van der Waals surface area contributed by atoms with E-state index in [-0.39, 0.29) is 32.5 Å². The van der Waals surface area contributed by atoms with Crippen molar-refractivity contribution in [3.8, 4) is 11.5 Å². The first kappa shape index (κ1) is 30.5. The van der Waals surface area contributed by atoms with E-state index in [4.69, 9.17) is 27.2 Å². The molecule has 1 unspecified atom stereocenters. The van der Waals surface area contributed by atoms with Crippen molar-refractivity contribution in [2.45, 2.75) is 99.9 Å². The number of esters is 1. The van der Waals surface area contributed by atoms with Crippen LogP contribution in [0.2, 0.25) is 32.3 Å². The molecule has 1 aromatic carbocycles. The molecule has 2 saturated heterocycles. The molecule has 2 fully saturated rings. The molecule has 2 heterocycles. The second kappa shape index (κ2) is 12.0. The van der Waals surface area contributed by atoms with Crippen LogP contribution >= 0.6 is 0 Å². The van der Waals surface area contributed by atoms with E-state index in [1.165, 1.54) is 7.11 Å². The Kier molecular flexibility index (Phi) is 9.86. The number of carbonyl (C=O) groups excluding carboxylic acids is 1. The molecule has 0 bridgehead atoms. The van der Waals surface area contributed by atoms with Crippen LogP contribution in [-0.2, 0) is 21.5 Å². The number of rotatable bonds is 8. The summed E-state index contributed by atoms with van der Waals surface area (Å²) < 4.78 is 51.2. The summed E-state index contributed by atoms with van der Waals surface area (Å²) in [6, 6.07) is 4.95. The Hall–Kier alpha value is -1.08. The summed E-state index contributed by atoms with van der Waals surface area (Å²) in [4.78, 5) is 13.0. The molecule has 8 nitrogen and oxygen atoms in total. The summed E-state index contributed by atoms with van der Waals surface area (Å²) in [5.41, 5.74) is 0.958. The fourth-order valence-electron chi connectivity index (χ4n) is 5.50. The van der Waals surface area contributed by atoms with Crippen LogP contribution in [0.1, 0.15) is 65.7 Å². The van der Waals surface area contributed by atoms with Crippen molar-refractivity contribution < 1.29 is 35.8 Å². The first-order valence-electron chi connectivity index (χ1n) is 13.1. The second-order valence-corrected chi connectivity index (χ2v) is 23.6. The molecule has 0 aromatic heterocycles.